The molecule has 9 nitrogen and oxygen atoms in total. The highest BCUT2D eigenvalue weighted by atomic mass is 35.5. The molecule has 0 bridgehead atoms. The predicted octanol–water partition coefficient (Wildman–Crippen LogP) is -0.0835. The van der Waals surface area contributed by atoms with Gasteiger partial charge in [-0.1, -0.05) is 0 Å². The molecule has 2 heterocycles. The molecule has 1 aromatic rings. The first-order valence-electron chi connectivity index (χ1n) is 7.24. The second kappa shape index (κ2) is 8.23. The number of nitrogens with zero attached hydrogens (tertiary/aromatic N) is 3. The fourth-order valence-electron chi connectivity index (χ4n) is 2.64. The van der Waals surface area contributed by atoms with Crippen molar-refractivity contribution in [3.8, 4) is 0 Å². The Hall–Kier alpha value is -1.71. The summed E-state index contributed by atoms with van der Waals surface area (Å²) in [4.78, 5) is 22.3. The molecule has 10 heteroatoms. The first-order chi connectivity index (χ1) is 10.4. The molecule has 1 fully saturated rings. The highest BCUT2D eigenvalue weighted by molar-refractivity contribution is 5.85. The number of carbonyl (C=O) groups is 1. The van der Waals surface area contributed by atoms with Gasteiger partial charge in [0.15, 0.2) is 0 Å². The van der Waals surface area contributed by atoms with E-state index in [0.29, 0.717) is 31.0 Å². The molecule has 2 unspecified atom stereocenters. The Morgan fingerprint density at radius 1 is 1.52 bits per heavy atom. The number of amides is 1. The Labute approximate surface area is 140 Å². The van der Waals surface area contributed by atoms with E-state index in [9.17, 15) is 20.0 Å². The number of nitro groups is 1. The minimum absolute atomic E-state index is 0. The lowest BCUT2D eigenvalue weighted by atomic mass is 10.1. The van der Waals surface area contributed by atoms with Crippen LogP contribution in [0.3, 0.4) is 0 Å². The van der Waals surface area contributed by atoms with Crippen molar-refractivity contribution in [2.45, 2.75) is 32.9 Å². The van der Waals surface area contributed by atoms with E-state index in [4.69, 9.17) is 0 Å². The van der Waals surface area contributed by atoms with Crippen LogP contribution in [0.4, 0.5) is 5.69 Å². The monoisotopic (exact) mass is 347 g/mol. The van der Waals surface area contributed by atoms with Gasteiger partial charge in [0.2, 0.25) is 5.91 Å². The molecule has 2 atom stereocenters. The summed E-state index contributed by atoms with van der Waals surface area (Å²) < 4.78 is 1.49. The SMILES string of the molecule is Cc1nn(CCC(=O)NCC2CNCC2O)c(C)c1[N+](=O)[O-].Cl. The van der Waals surface area contributed by atoms with Crippen LogP contribution in [0.5, 0.6) is 0 Å². The van der Waals surface area contributed by atoms with Crippen LogP contribution in [0, 0.1) is 29.9 Å². The summed E-state index contributed by atoms with van der Waals surface area (Å²) in [6, 6.07) is 0. The van der Waals surface area contributed by atoms with Gasteiger partial charge in [0.05, 0.1) is 17.6 Å². The number of nitrogens with one attached hydrogen (secondary N) is 2. The largest absolute Gasteiger partial charge is 0.391 e. The van der Waals surface area contributed by atoms with Gasteiger partial charge in [-0.2, -0.15) is 5.10 Å². The number of aryl methyl sites for hydroxylation is 2. The highest BCUT2D eigenvalue weighted by Crippen LogP contribution is 2.21. The van der Waals surface area contributed by atoms with Crippen molar-refractivity contribution in [3.63, 3.8) is 0 Å². The number of halogens is 1. The molecule has 1 amide bonds. The molecule has 0 saturated carbocycles. The van der Waals surface area contributed by atoms with Gasteiger partial charge in [-0.05, 0) is 13.8 Å². The summed E-state index contributed by atoms with van der Waals surface area (Å²) in [6.07, 6.45) is -0.242. The summed E-state index contributed by atoms with van der Waals surface area (Å²) in [7, 11) is 0. The van der Waals surface area contributed by atoms with Crippen LogP contribution in [0.2, 0.25) is 0 Å². The number of aliphatic hydroxyl groups excluding tert-OH is 1. The summed E-state index contributed by atoms with van der Waals surface area (Å²) in [5, 5.41) is 30.5. The third-order valence-electron chi connectivity index (χ3n) is 3.94. The smallest absolute Gasteiger partial charge is 0.312 e. The third kappa shape index (κ3) is 4.63. The van der Waals surface area contributed by atoms with E-state index < -0.39 is 11.0 Å². The van der Waals surface area contributed by atoms with Crippen LogP contribution in [0.25, 0.3) is 0 Å². The molecule has 1 aliphatic heterocycles. The van der Waals surface area contributed by atoms with Crippen LogP contribution in [-0.4, -0.2) is 51.5 Å². The number of rotatable bonds is 6. The van der Waals surface area contributed by atoms with E-state index in [1.54, 1.807) is 13.8 Å². The lowest BCUT2D eigenvalue weighted by molar-refractivity contribution is -0.386. The first-order valence-corrected chi connectivity index (χ1v) is 7.24. The Morgan fingerprint density at radius 2 is 2.22 bits per heavy atom. The van der Waals surface area contributed by atoms with E-state index in [-0.39, 0.29) is 42.9 Å². The Kier molecular flexibility index (Phi) is 6.92. The summed E-state index contributed by atoms with van der Waals surface area (Å²) in [5.41, 5.74) is 0.800. The summed E-state index contributed by atoms with van der Waals surface area (Å²) >= 11 is 0. The zero-order valence-electron chi connectivity index (χ0n) is 13.1. The molecule has 130 valence electrons. The Bertz CT molecular complexity index is 577. The molecule has 1 aromatic heterocycles. The van der Waals surface area contributed by atoms with Crippen molar-refractivity contribution in [1.82, 2.24) is 20.4 Å². The zero-order chi connectivity index (χ0) is 16.3. The van der Waals surface area contributed by atoms with E-state index in [2.05, 4.69) is 15.7 Å². The van der Waals surface area contributed by atoms with Gasteiger partial charge >= 0.3 is 5.69 Å². The predicted molar refractivity (Wildman–Crippen MR) is 85.6 cm³/mol. The van der Waals surface area contributed by atoms with Gasteiger partial charge < -0.3 is 15.7 Å². The Balaban J connectivity index is 0.00000264. The molecule has 3 N–H and O–H groups in total. The van der Waals surface area contributed by atoms with E-state index in [1.165, 1.54) is 4.68 Å². The van der Waals surface area contributed by atoms with Gasteiger partial charge in [0, 0.05) is 32.0 Å². The highest BCUT2D eigenvalue weighted by Gasteiger charge is 2.25. The maximum Gasteiger partial charge on any atom is 0.312 e. The third-order valence-corrected chi connectivity index (χ3v) is 3.94. The van der Waals surface area contributed by atoms with Gasteiger partial charge in [-0.15, -0.1) is 12.4 Å². The van der Waals surface area contributed by atoms with Gasteiger partial charge in [0.1, 0.15) is 11.4 Å². The summed E-state index contributed by atoms with van der Waals surface area (Å²) in [5.74, 6) is -0.131. The number of aromatic nitrogens is 2. The molecule has 1 saturated heterocycles. The van der Waals surface area contributed by atoms with Crippen LogP contribution in [0.1, 0.15) is 17.8 Å². The molecule has 1 aliphatic rings. The van der Waals surface area contributed by atoms with Gasteiger partial charge in [0.25, 0.3) is 0 Å². The van der Waals surface area contributed by atoms with E-state index >= 15 is 0 Å². The van der Waals surface area contributed by atoms with Crippen LogP contribution < -0.4 is 10.6 Å². The van der Waals surface area contributed by atoms with Gasteiger partial charge in [-0.25, -0.2) is 0 Å². The second-order valence-electron chi connectivity index (χ2n) is 5.54. The lowest BCUT2D eigenvalue weighted by Crippen LogP contribution is -2.34. The molecular formula is C13H22ClN5O4. The number of aliphatic hydroxyl groups is 1. The van der Waals surface area contributed by atoms with Crippen molar-refractivity contribution >= 4 is 24.0 Å². The Morgan fingerprint density at radius 3 is 2.74 bits per heavy atom. The normalized spacial score (nSPS) is 20.1. The average Bonchev–Trinajstić information content (AvgIpc) is 2.97. The standard InChI is InChI=1S/C13H21N5O4.ClH/c1-8-13(18(21)22)9(2)17(16-8)4-3-12(20)15-6-10-5-14-7-11(10)19;/h10-11,14,19H,3-7H2,1-2H3,(H,15,20);1H. The van der Waals surface area contributed by atoms with Crippen molar-refractivity contribution in [2.75, 3.05) is 19.6 Å². The molecule has 0 aliphatic carbocycles. The van der Waals surface area contributed by atoms with Crippen molar-refractivity contribution in [3.05, 3.63) is 21.5 Å². The quantitative estimate of drug-likeness (QED) is 0.488. The van der Waals surface area contributed by atoms with Crippen LogP contribution >= 0.6 is 12.4 Å². The molecular weight excluding hydrogens is 326 g/mol. The number of hydrogen-bond acceptors (Lipinski definition) is 6. The minimum Gasteiger partial charge on any atom is -0.391 e. The van der Waals surface area contributed by atoms with Crippen LogP contribution in [0.15, 0.2) is 0 Å². The topological polar surface area (TPSA) is 122 Å². The first kappa shape index (κ1) is 19.3. The maximum absolute atomic E-state index is 11.8. The summed E-state index contributed by atoms with van der Waals surface area (Å²) in [6.45, 7) is 5.15. The fraction of sp³-hybridized carbons (Fsp3) is 0.692. The molecule has 2 rings (SSSR count). The van der Waals surface area contributed by atoms with Crippen molar-refractivity contribution in [1.29, 1.82) is 0 Å². The molecule has 0 spiro atoms. The van der Waals surface area contributed by atoms with Crippen molar-refractivity contribution in [2.24, 2.45) is 5.92 Å². The maximum atomic E-state index is 11.8. The fourth-order valence-corrected chi connectivity index (χ4v) is 2.64. The minimum atomic E-state index is -0.456. The van der Waals surface area contributed by atoms with Crippen LogP contribution in [-0.2, 0) is 11.3 Å². The molecule has 23 heavy (non-hydrogen) atoms. The van der Waals surface area contributed by atoms with Gasteiger partial charge in [-0.3, -0.25) is 19.6 Å². The lowest BCUT2D eigenvalue weighted by Gasteiger charge is -2.14. The molecule has 0 aromatic carbocycles. The number of carbonyl (C=O) groups excluding carboxylic acids is 1. The van der Waals surface area contributed by atoms with E-state index in [0.717, 1.165) is 0 Å². The number of hydrogen-bond donors (Lipinski definition) is 3. The zero-order valence-corrected chi connectivity index (χ0v) is 13.9. The second-order valence-corrected chi connectivity index (χ2v) is 5.54. The average molecular weight is 348 g/mol. The van der Waals surface area contributed by atoms with Crippen molar-refractivity contribution < 1.29 is 14.8 Å². The molecule has 0 radical (unpaired) electrons. The number of β-amino-alcohol motifs (C(OH)–C–C–N with tert-alkyl or cyclic N) is 1. The van der Waals surface area contributed by atoms with E-state index in [1.807, 2.05) is 0 Å².